The minimum atomic E-state index is 0.167. The average Bonchev–Trinajstić information content (AvgIpc) is 3.04. The van der Waals surface area contributed by atoms with Crippen molar-refractivity contribution in [2.45, 2.75) is 40.0 Å². The molecule has 3 rings (SSSR count). The van der Waals surface area contributed by atoms with E-state index in [-0.39, 0.29) is 11.7 Å². The number of amides is 1. The molecule has 2 heterocycles. The molecular weight excluding hydrogens is 318 g/mol. The molecule has 1 saturated heterocycles. The summed E-state index contributed by atoms with van der Waals surface area (Å²) in [6, 6.07) is 10.5. The van der Waals surface area contributed by atoms with Crippen molar-refractivity contribution in [3.05, 3.63) is 46.8 Å². The van der Waals surface area contributed by atoms with Crippen LogP contribution in [0, 0.1) is 6.92 Å². The fourth-order valence-corrected chi connectivity index (χ4v) is 3.56. The Balaban J connectivity index is 0.000000471. The summed E-state index contributed by atoms with van der Waals surface area (Å²) < 4.78 is 0. The first-order chi connectivity index (χ1) is 11.5. The van der Waals surface area contributed by atoms with Crippen LogP contribution in [0.1, 0.15) is 49.0 Å². The number of ketones is 1. The Labute approximate surface area is 148 Å². The molecule has 0 aliphatic carbocycles. The van der Waals surface area contributed by atoms with Crippen LogP contribution in [0.2, 0.25) is 0 Å². The molecule has 1 aromatic heterocycles. The smallest absolute Gasteiger partial charge is 0.254 e. The second-order valence-corrected chi connectivity index (χ2v) is 7.24. The number of hydrogen-bond acceptors (Lipinski definition) is 3. The molecule has 1 amide bonds. The molecule has 2 aromatic rings. The van der Waals surface area contributed by atoms with Crippen molar-refractivity contribution in [3.63, 3.8) is 0 Å². The highest BCUT2D eigenvalue weighted by molar-refractivity contribution is 7.13. The van der Waals surface area contributed by atoms with Gasteiger partial charge in [-0.3, -0.25) is 4.79 Å². The number of nitrogens with zero attached hydrogens (tertiary/aromatic N) is 1. The van der Waals surface area contributed by atoms with Gasteiger partial charge in [0.2, 0.25) is 0 Å². The van der Waals surface area contributed by atoms with Gasteiger partial charge in [-0.25, -0.2) is 0 Å². The van der Waals surface area contributed by atoms with Gasteiger partial charge >= 0.3 is 0 Å². The van der Waals surface area contributed by atoms with Crippen LogP contribution in [-0.2, 0) is 4.79 Å². The van der Waals surface area contributed by atoms with Crippen LogP contribution >= 0.6 is 11.3 Å². The molecule has 1 aliphatic heterocycles. The van der Waals surface area contributed by atoms with Crippen LogP contribution in [0.15, 0.2) is 35.7 Å². The molecule has 0 saturated carbocycles. The largest absolute Gasteiger partial charge is 0.339 e. The highest BCUT2D eigenvalue weighted by atomic mass is 32.1. The summed E-state index contributed by atoms with van der Waals surface area (Å²) in [6.45, 7) is 6.97. The predicted molar refractivity (Wildman–Crippen MR) is 101 cm³/mol. The van der Waals surface area contributed by atoms with Gasteiger partial charge in [-0.05, 0) is 51.7 Å². The number of benzene rings is 1. The summed E-state index contributed by atoms with van der Waals surface area (Å²) >= 11 is 1.66. The van der Waals surface area contributed by atoms with E-state index in [4.69, 9.17) is 0 Å². The third-order valence-electron chi connectivity index (χ3n) is 3.79. The lowest BCUT2D eigenvalue weighted by atomic mass is 10.1. The molecule has 1 aliphatic rings. The van der Waals surface area contributed by atoms with Crippen molar-refractivity contribution in [2.24, 2.45) is 0 Å². The standard InChI is InChI=1S/C17H19NOS.C3H6O/c1-13-6-5-7-14(10-13)16-11-15(12-20-16)17(19)18-8-3-2-4-9-18;1-3(2)4/h5-7,10-12H,2-4,8-9H2,1H3;1-2H3. The summed E-state index contributed by atoms with van der Waals surface area (Å²) in [5.41, 5.74) is 3.29. The minimum Gasteiger partial charge on any atom is -0.339 e. The van der Waals surface area contributed by atoms with E-state index >= 15 is 0 Å². The third-order valence-corrected chi connectivity index (χ3v) is 4.77. The molecule has 3 nitrogen and oxygen atoms in total. The number of aryl methyl sites for hydroxylation is 1. The molecule has 0 atom stereocenters. The minimum absolute atomic E-state index is 0.167. The highest BCUT2D eigenvalue weighted by Crippen LogP contribution is 2.28. The van der Waals surface area contributed by atoms with Crippen molar-refractivity contribution >= 4 is 23.0 Å². The highest BCUT2D eigenvalue weighted by Gasteiger charge is 2.19. The molecular formula is C20H25NO2S. The van der Waals surface area contributed by atoms with E-state index in [1.54, 1.807) is 11.3 Å². The first-order valence-electron chi connectivity index (χ1n) is 8.39. The van der Waals surface area contributed by atoms with Crippen molar-refractivity contribution in [3.8, 4) is 10.4 Å². The molecule has 1 fully saturated rings. The normalized spacial score (nSPS) is 13.9. The zero-order chi connectivity index (χ0) is 17.5. The number of piperidine rings is 1. The van der Waals surface area contributed by atoms with E-state index in [1.165, 1.54) is 36.3 Å². The molecule has 0 spiro atoms. The summed E-state index contributed by atoms with van der Waals surface area (Å²) in [4.78, 5) is 25.1. The van der Waals surface area contributed by atoms with Crippen molar-refractivity contribution in [2.75, 3.05) is 13.1 Å². The fraction of sp³-hybridized carbons (Fsp3) is 0.400. The lowest BCUT2D eigenvalue weighted by Gasteiger charge is -2.26. The second kappa shape index (κ2) is 8.78. The van der Waals surface area contributed by atoms with Gasteiger partial charge in [0.05, 0.1) is 5.56 Å². The van der Waals surface area contributed by atoms with Crippen LogP contribution in [0.3, 0.4) is 0 Å². The Bertz CT molecular complexity index is 695. The number of carbonyl (C=O) groups is 2. The maximum atomic E-state index is 12.4. The third kappa shape index (κ3) is 5.31. The Morgan fingerprint density at radius 2 is 1.71 bits per heavy atom. The van der Waals surface area contributed by atoms with Crippen LogP contribution < -0.4 is 0 Å². The van der Waals surface area contributed by atoms with Crippen LogP contribution in [0.4, 0.5) is 0 Å². The van der Waals surface area contributed by atoms with Gasteiger partial charge < -0.3 is 9.69 Å². The number of carbonyl (C=O) groups excluding carboxylic acids is 2. The summed E-state index contributed by atoms with van der Waals surface area (Å²) in [6.07, 6.45) is 3.53. The van der Waals surface area contributed by atoms with Crippen molar-refractivity contribution in [1.29, 1.82) is 0 Å². The Morgan fingerprint density at radius 1 is 1.04 bits per heavy atom. The molecule has 0 unspecified atom stereocenters. The number of rotatable bonds is 2. The summed E-state index contributed by atoms with van der Waals surface area (Å²) in [5.74, 6) is 0.361. The van der Waals surface area contributed by atoms with Gasteiger partial charge in [0.25, 0.3) is 5.91 Å². The van der Waals surface area contributed by atoms with Gasteiger partial charge in [0.15, 0.2) is 0 Å². The maximum absolute atomic E-state index is 12.4. The molecule has 128 valence electrons. The maximum Gasteiger partial charge on any atom is 0.254 e. The quantitative estimate of drug-likeness (QED) is 0.774. The Kier molecular flexibility index (Phi) is 6.73. The number of Topliss-reactive ketones (excluding diaryl/α,β-unsaturated/α-hetero) is 1. The van der Waals surface area contributed by atoms with Crippen LogP contribution in [-0.4, -0.2) is 29.7 Å². The van der Waals surface area contributed by atoms with E-state index in [9.17, 15) is 9.59 Å². The molecule has 0 N–H and O–H groups in total. The molecule has 0 radical (unpaired) electrons. The second-order valence-electron chi connectivity index (χ2n) is 6.33. The number of thiophene rings is 1. The van der Waals surface area contributed by atoms with E-state index < -0.39 is 0 Å². The fourth-order valence-electron chi connectivity index (χ4n) is 2.68. The first-order valence-corrected chi connectivity index (χ1v) is 9.27. The van der Waals surface area contributed by atoms with Gasteiger partial charge in [-0.15, -0.1) is 11.3 Å². The SMILES string of the molecule is CC(C)=O.Cc1cccc(-c2cc(C(=O)N3CCCCC3)cs2)c1. The van der Waals surface area contributed by atoms with Gasteiger partial charge in [-0.2, -0.15) is 0 Å². The molecule has 4 heteroatoms. The van der Waals surface area contributed by atoms with Crippen molar-refractivity contribution < 1.29 is 9.59 Å². The van der Waals surface area contributed by atoms with E-state index in [0.717, 1.165) is 31.5 Å². The Morgan fingerprint density at radius 3 is 2.33 bits per heavy atom. The summed E-state index contributed by atoms with van der Waals surface area (Å²) in [5, 5.41) is 1.99. The van der Waals surface area contributed by atoms with Crippen molar-refractivity contribution in [1.82, 2.24) is 4.90 Å². The van der Waals surface area contributed by atoms with E-state index in [2.05, 4.69) is 31.2 Å². The predicted octanol–water partition coefficient (Wildman–Crippen LogP) is 4.94. The Hall–Kier alpha value is -1.94. The molecule has 1 aromatic carbocycles. The van der Waals surface area contributed by atoms with Gasteiger partial charge in [0, 0.05) is 23.3 Å². The average molecular weight is 343 g/mol. The van der Waals surface area contributed by atoms with Gasteiger partial charge in [0.1, 0.15) is 5.78 Å². The molecule has 0 bridgehead atoms. The van der Waals surface area contributed by atoms with E-state index in [1.807, 2.05) is 16.3 Å². The zero-order valence-electron chi connectivity index (χ0n) is 14.7. The lowest BCUT2D eigenvalue weighted by molar-refractivity contribution is -0.114. The van der Waals surface area contributed by atoms with Crippen LogP contribution in [0.5, 0.6) is 0 Å². The first kappa shape index (κ1) is 18.4. The van der Waals surface area contributed by atoms with Crippen LogP contribution in [0.25, 0.3) is 10.4 Å². The van der Waals surface area contributed by atoms with Gasteiger partial charge in [-0.1, -0.05) is 29.8 Å². The van der Waals surface area contributed by atoms with E-state index in [0.29, 0.717) is 0 Å². The number of hydrogen-bond donors (Lipinski definition) is 0. The molecule has 24 heavy (non-hydrogen) atoms. The lowest BCUT2D eigenvalue weighted by Crippen LogP contribution is -2.35. The number of likely N-dealkylation sites (tertiary alicyclic amines) is 1. The zero-order valence-corrected chi connectivity index (χ0v) is 15.5. The monoisotopic (exact) mass is 343 g/mol. The summed E-state index contributed by atoms with van der Waals surface area (Å²) in [7, 11) is 0. The topological polar surface area (TPSA) is 37.4 Å².